The molecular formula is C11H17BO2. The first-order chi connectivity index (χ1) is 6.66. The van der Waals surface area contributed by atoms with Crippen molar-refractivity contribution >= 4 is 7.12 Å². The van der Waals surface area contributed by atoms with Gasteiger partial charge in [-0.1, -0.05) is 26.0 Å². The second-order valence-electron chi connectivity index (χ2n) is 4.64. The first-order valence-electron chi connectivity index (χ1n) is 5.37. The standard InChI is InChI=1S/C11H17BO2/c1-8(2)5-9-3-4-11-10(6-9)7-14-12(11)13/h4,6,8-9,13H,3,5,7H2,1-2H3. The zero-order chi connectivity index (χ0) is 10.1. The van der Waals surface area contributed by atoms with Gasteiger partial charge in [-0.05, 0) is 35.7 Å². The van der Waals surface area contributed by atoms with Gasteiger partial charge in [0.25, 0.3) is 0 Å². The molecule has 1 saturated heterocycles. The lowest BCUT2D eigenvalue weighted by Gasteiger charge is -2.18. The molecule has 1 atom stereocenters. The highest BCUT2D eigenvalue weighted by atomic mass is 16.5. The molecule has 0 amide bonds. The molecule has 3 heteroatoms. The van der Waals surface area contributed by atoms with Gasteiger partial charge in [-0.2, -0.15) is 0 Å². The van der Waals surface area contributed by atoms with Crippen LogP contribution < -0.4 is 0 Å². The molecule has 2 aliphatic rings. The third-order valence-electron chi connectivity index (χ3n) is 2.89. The molecule has 1 fully saturated rings. The Kier molecular flexibility index (Phi) is 2.79. The summed E-state index contributed by atoms with van der Waals surface area (Å²) in [6, 6.07) is 0. The molecular weight excluding hydrogens is 175 g/mol. The normalized spacial score (nSPS) is 26.3. The van der Waals surface area contributed by atoms with E-state index in [1.165, 1.54) is 12.0 Å². The summed E-state index contributed by atoms with van der Waals surface area (Å²) in [5.41, 5.74) is 2.21. The van der Waals surface area contributed by atoms with Crippen molar-refractivity contribution in [3.05, 3.63) is 23.2 Å². The van der Waals surface area contributed by atoms with E-state index in [-0.39, 0.29) is 0 Å². The van der Waals surface area contributed by atoms with Crippen LogP contribution in [-0.2, 0) is 4.65 Å². The fourth-order valence-electron chi connectivity index (χ4n) is 2.28. The molecule has 2 nitrogen and oxygen atoms in total. The Labute approximate surface area is 85.8 Å². The van der Waals surface area contributed by atoms with Crippen molar-refractivity contribution < 1.29 is 9.68 Å². The summed E-state index contributed by atoms with van der Waals surface area (Å²) < 4.78 is 5.17. The predicted octanol–water partition coefficient (Wildman–Crippen LogP) is 1.96. The minimum absolute atomic E-state index is 0.585. The van der Waals surface area contributed by atoms with E-state index in [1.807, 2.05) is 0 Å². The molecule has 1 aliphatic heterocycles. The molecule has 1 aliphatic carbocycles. The molecule has 0 bridgehead atoms. The van der Waals surface area contributed by atoms with E-state index in [2.05, 4.69) is 26.0 Å². The van der Waals surface area contributed by atoms with Crippen LogP contribution in [0, 0.1) is 11.8 Å². The van der Waals surface area contributed by atoms with E-state index in [4.69, 9.17) is 4.65 Å². The molecule has 0 radical (unpaired) electrons. The molecule has 76 valence electrons. The van der Waals surface area contributed by atoms with Gasteiger partial charge in [0.2, 0.25) is 0 Å². The molecule has 1 heterocycles. The number of fused-ring (bicyclic) bond motifs is 1. The molecule has 1 N–H and O–H groups in total. The average Bonchev–Trinajstić information content (AvgIpc) is 2.46. The third-order valence-corrected chi connectivity index (χ3v) is 2.89. The van der Waals surface area contributed by atoms with E-state index in [0.717, 1.165) is 17.8 Å². The highest BCUT2D eigenvalue weighted by Crippen LogP contribution is 2.31. The second kappa shape index (κ2) is 3.91. The van der Waals surface area contributed by atoms with Gasteiger partial charge in [0.05, 0.1) is 6.61 Å². The van der Waals surface area contributed by atoms with Crippen molar-refractivity contribution in [2.45, 2.75) is 26.7 Å². The number of hydrogen-bond acceptors (Lipinski definition) is 2. The molecule has 0 aromatic rings. The lowest BCUT2D eigenvalue weighted by molar-refractivity contribution is 0.315. The van der Waals surface area contributed by atoms with Gasteiger partial charge >= 0.3 is 7.12 Å². The van der Waals surface area contributed by atoms with E-state index >= 15 is 0 Å². The van der Waals surface area contributed by atoms with Crippen LogP contribution in [-0.4, -0.2) is 18.7 Å². The molecule has 14 heavy (non-hydrogen) atoms. The second-order valence-corrected chi connectivity index (χ2v) is 4.64. The maximum absolute atomic E-state index is 9.46. The maximum atomic E-state index is 9.46. The van der Waals surface area contributed by atoms with Crippen molar-refractivity contribution in [2.75, 3.05) is 6.61 Å². The van der Waals surface area contributed by atoms with Gasteiger partial charge in [-0.25, -0.2) is 0 Å². The van der Waals surface area contributed by atoms with Crippen LogP contribution in [0.5, 0.6) is 0 Å². The molecule has 0 spiro atoms. The molecule has 0 aromatic carbocycles. The van der Waals surface area contributed by atoms with Crippen LogP contribution in [0.3, 0.4) is 0 Å². The number of hydrogen-bond donors (Lipinski definition) is 1. The Balaban J connectivity index is 2.05. The van der Waals surface area contributed by atoms with E-state index in [1.54, 1.807) is 0 Å². The van der Waals surface area contributed by atoms with Crippen molar-refractivity contribution in [1.29, 1.82) is 0 Å². The van der Waals surface area contributed by atoms with Crippen LogP contribution in [0.4, 0.5) is 0 Å². The molecule has 0 saturated carbocycles. The largest absolute Gasteiger partial charge is 0.491 e. The first-order valence-corrected chi connectivity index (χ1v) is 5.37. The SMILES string of the molecule is CC(C)CC1C=C2COB(O)C2=CC1. The lowest BCUT2D eigenvalue weighted by Crippen LogP contribution is -2.15. The van der Waals surface area contributed by atoms with Crippen molar-refractivity contribution in [3.8, 4) is 0 Å². The summed E-state index contributed by atoms with van der Waals surface area (Å²) in [4.78, 5) is 0. The van der Waals surface area contributed by atoms with Gasteiger partial charge in [-0.3, -0.25) is 0 Å². The quantitative estimate of drug-likeness (QED) is 0.677. The minimum atomic E-state index is -0.666. The summed E-state index contributed by atoms with van der Waals surface area (Å²) in [5, 5.41) is 9.46. The van der Waals surface area contributed by atoms with Crippen LogP contribution in [0.25, 0.3) is 0 Å². The molecule has 2 rings (SSSR count). The summed E-state index contributed by atoms with van der Waals surface area (Å²) >= 11 is 0. The minimum Gasteiger partial charge on any atom is -0.423 e. The van der Waals surface area contributed by atoms with Crippen LogP contribution in [0.15, 0.2) is 23.2 Å². The Morgan fingerprint density at radius 1 is 1.64 bits per heavy atom. The van der Waals surface area contributed by atoms with Gasteiger partial charge in [0, 0.05) is 0 Å². The monoisotopic (exact) mass is 192 g/mol. The first kappa shape index (κ1) is 10.00. The Morgan fingerprint density at radius 3 is 3.14 bits per heavy atom. The van der Waals surface area contributed by atoms with E-state index in [9.17, 15) is 5.02 Å². The Hall–Kier alpha value is -0.535. The van der Waals surface area contributed by atoms with Crippen LogP contribution >= 0.6 is 0 Å². The van der Waals surface area contributed by atoms with Gasteiger partial charge in [0.15, 0.2) is 0 Å². The third kappa shape index (κ3) is 1.94. The highest BCUT2D eigenvalue weighted by molar-refractivity contribution is 6.55. The fraction of sp³-hybridized carbons (Fsp3) is 0.636. The van der Waals surface area contributed by atoms with E-state index < -0.39 is 7.12 Å². The zero-order valence-corrected chi connectivity index (χ0v) is 8.86. The van der Waals surface area contributed by atoms with Crippen molar-refractivity contribution in [1.82, 2.24) is 0 Å². The fourth-order valence-corrected chi connectivity index (χ4v) is 2.28. The zero-order valence-electron chi connectivity index (χ0n) is 8.86. The van der Waals surface area contributed by atoms with Crippen LogP contribution in [0.1, 0.15) is 26.7 Å². The maximum Gasteiger partial charge on any atom is 0.491 e. The average molecular weight is 192 g/mol. The van der Waals surface area contributed by atoms with Crippen LogP contribution in [0.2, 0.25) is 0 Å². The Bertz CT molecular complexity index is 281. The molecule has 1 unspecified atom stereocenters. The van der Waals surface area contributed by atoms with Gasteiger partial charge in [0.1, 0.15) is 0 Å². The lowest BCUT2D eigenvalue weighted by atomic mass is 9.72. The summed E-state index contributed by atoms with van der Waals surface area (Å²) in [5.74, 6) is 1.38. The summed E-state index contributed by atoms with van der Waals surface area (Å²) in [6.07, 6.45) is 6.70. The van der Waals surface area contributed by atoms with Gasteiger partial charge in [-0.15, -0.1) is 0 Å². The van der Waals surface area contributed by atoms with Crippen molar-refractivity contribution in [2.24, 2.45) is 11.8 Å². The highest BCUT2D eigenvalue weighted by Gasteiger charge is 2.32. The van der Waals surface area contributed by atoms with E-state index in [0.29, 0.717) is 12.5 Å². The number of rotatable bonds is 2. The predicted molar refractivity (Wildman–Crippen MR) is 57.7 cm³/mol. The summed E-state index contributed by atoms with van der Waals surface area (Å²) in [7, 11) is -0.666. The molecule has 0 aromatic heterocycles. The summed E-state index contributed by atoms with van der Waals surface area (Å²) in [6.45, 7) is 5.08. The Morgan fingerprint density at radius 2 is 2.43 bits per heavy atom. The topological polar surface area (TPSA) is 29.5 Å². The van der Waals surface area contributed by atoms with Crippen molar-refractivity contribution in [3.63, 3.8) is 0 Å². The smallest absolute Gasteiger partial charge is 0.423 e. The number of allylic oxidation sites excluding steroid dienone is 2. The van der Waals surface area contributed by atoms with Gasteiger partial charge < -0.3 is 9.68 Å².